The second-order valence-electron chi connectivity index (χ2n) is 3.58. The molecule has 0 aromatic carbocycles. The van der Waals surface area contributed by atoms with Crippen LogP contribution in [0.1, 0.15) is 30.9 Å². The Morgan fingerprint density at radius 1 is 1.58 bits per heavy atom. The Hall–Kier alpha value is -0.830. The predicted octanol–water partition coefficient (Wildman–Crippen LogP) is 1.01. The summed E-state index contributed by atoms with van der Waals surface area (Å²) in [6, 6.07) is 2.43. The van der Waals surface area contributed by atoms with Crippen molar-refractivity contribution in [3.63, 3.8) is 0 Å². The van der Waals surface area contributed by atoms with E-state index in [2.05, 4.69) is 11.2 Å². The third-order valence-corrected chi connectivity index (χ3v) is 2.81. The van der Waals surface area contributed by atoms with Crippen molar-refractivity contribution in [2.75, 3.05) is 0 Å². The van der Waals surface area contributed by atoms with E-state index in [4.69, 9.17) is 5.73 Å². The zero-order valence-electron chi connectivity index (χ0n) is 7.40. The van der Waals surface area contributed by atoms with Crippen LogP contribution in [0.4, 0.5) is 0 Å². The van der Waals surface area contributed by atoms with Crippen molar-refractivity contribution >= 4 is 0 Å². The van der Waals surface area contributed by atoms with Gasteiger partial charge in [0.2, 0.25) is 0 Å². The topological polar surface area (TPSA) is 43.8 Å². The Kier molecular flexibility index (Phi) is 1.89. The first kappa shape index (κ1) is 7.80. The van der Waals surface area contributed by atoms with E-state index >= 15 is 0 Å². The maximum atomic E-state index is 6.00. The average molecular weight is 165 g/mol. The average Bonchev–Trinajstić information content (AvgIpc) is 2.59. The third kappa shape index (κ3) is 1.14. The molecule has 2 unspecified atom stereocenters. The zero-order chi connectivity index (χ0) is 8.55. The fourth-order valence-electron chi connectivity index (χ4n) is 2.10. The van der Waals surface area contributed by atoms with E-state index < -0.39 is 0 Å². The van der Waals surface area contributed by atoms with Crippen LogP contribution in [0, 0.1) is 0 Å². The van der Waals surface area contributed by atoms with Crippen molar-refractivity contribution in [3.8, 4) is 0 Å². The van der Waals surface area contributed by atoms with Gasteiger partial charge < -0.3 is 5.73 Å². The lowest BCUT2D eigenvalue weighted by Gasteiger charge is -2.14. The van der Waals surface area contributed by atoms with E-state index in [-0.39, 0.29) is 0 Å². The van der Waals surface area contributed by atoms with Crippen molar-refractivity contribution < 1.29 is 0 Å². The number of nitrogens with zero attached hydrogens (tertiary/aromatic N) is 2. The summed E-state index contributed by atoms with van der Waals surface area (Å²) in [7, 11) is 1.99. The van der Waals surface area contributed by atoms with Crippen LogP contribution in [0.3, 0.4) is 0 Å². The van der Waals surface area contributed by atoms with E-state index in [1.54, 1.807) is 0 Å². The number of hydrogen-bond acceptors (Lipinski definition) is 2. The molecule has 0 amide bonds. The minimum atomic E-state index is 0.348. The summed E-state index contributed by atoms with van der Waals surface area (Å²) in [6.45, 7) is 0. The molecular formula is C9H15N3. The summed E-state index contributed by atoms with van der Waals surface area (Å²) >= 11 is 0. The molecule has 0 bridgehead atoms. The highest BCUT2D eigenvalue weighted by Gasteiger charge is 2.27. The van der Waals surface area contributed by atoms with Crippen LogP contribution >= 0.6 is 0 Å². The quantitative estimate of drug-likeness (QED) is 0.675. The van der Waals surface area contributed by atoms with E-state index in [0.29, 0.717) is 12.0 Å². The molecule has 2 rings (SSSR count). The third-order valence-electron chi connectivity index (χ3n) is 2.81. The molecule has 0 aliphatic heterocycles. The number of nitrogens with two attached hydrogens (primary N) is 1. The summed E-state index contributed by atoms with van der Waals surface area (Å²) in [6.07, 6.45) is 5.49. The lowest BCUT2D eigenvalue weighted by atomic mass is 10.0. The van der Waals surface area contributed by atoms with Crippen LogP contribution < -0.4 is 5.73 Å². The molecule has 0 spiro atoms. The molecule has 1 aliphatic carbocycles. The van der Waals surface area contributed by atoms with Crippen molar-refractivity contribution in [2.45, 2.75) is 31.2 Å². The lowest BCUT2D eigenvalue weighted by molar-refractivity contribution is 0.558. The monoisotopic (exact) mass is 165 g/mol. The molecule has 2 N–H and O–H groups in total. The van der Waals surface area contributed by atoms with Gasteiger partial charge in [0, 0.05) is 30.9 Å². The van der Waals surface area contributed by atoms with Gasteiger partial charge in [0.25, 0.3) is 0 Å². The lowest BCUT2D eigenvalue weighted by Crippen LogP contribution is -2.24. The highest BCUT2D eigenvalue weighted by molar-refractivity contribution is 5.12. The molecule has 1 aromatic heterocycles. The van der Waals surface area contributed by atoms with Gasteiger partial charge in [-0.05, 0) is 18.9 Å². The molecule has 1 saturated carbocycles. The second-order valence-corrected chi connectivity index (χ2v) is 3.58. The van der Waals surface area contributed by atoms with Gasteiger partial charge in [0.1, 0.15) is 0 Å². The summed E-state index contributed by atoms with van der Waals surface area (Å²) in [5, 5.41) is 4.16. The van der Waals surface area contributed by atoms with Crippen molar-refractivity contribution in [3.05, 3.63) is 18.0 Å². The molecule has 0 radical (unpaired) electrons. The van der Waals surface area contributed by atoms with Gasteiger partial charge in [0.05, 0.1) is 0 Å². The highest BCUT2D eigenvalue weighted by atomic mass is 15.3. The summed E-state index contributed by atoms with van der Waals surface area (Å²) in [4.78, 5) is 0. The minimum absolute atomic E-state index is 0.348. The number of aryl methyl sites for hydroxylation is 1. The maximum Gasteiger partial charge on any atom is 0.0492 e. The highest BCUT2D eigenvalue weighted by Crippen LogP contribution is 2.32. The molecule has 3 nitrogen and oxygen atoms in total. The van der Waals surface area contributed by atoms with E-state index in [9.17, 15) is 0 Å². The van der Waals surface area contributed by atoms with Gasteiger partial charge in [0.15, 0.2) is 0 Å². The van der Waals surface area contributed by atoms with Crippen LogP contribution in [0.2, 0.25) is 0 Å². The largest absolute Gasteiger partial charge is 0.327 e. The molecular weight excluding hydrogens is 150 g/mol. The molecule has 1 aliphatic rings. The molecule has 1 heterocycles. The Morgan fingerprint density at radius 2 is 2.42 bits per heavy atom. The summed E-state index contributed by atoms with van der Waals surface area (Å²) < 4.78 is 1.94. The van der Waals surface area contributed by atoms with Crippen molar-refractivity contribution in [2.24, 2.45) is 12.8 Å². The molecule has 1 aromatic rings. The zero-order valence-corrected chi connectivity index (χ0v) is 7.40. The van der Waals surface area contributed by atoms with Gasteiger partial charge in [-0.15, -0.1) is 0 Å². The van der Waals surface area contributed by atoms with Crippen molar-refractivity contribution in [1.82, 2.24) is 9.78 Å². The minimum Gasteiger partial charge on any atom is -0.327 e. The van der Waals surface area contributed by atoms with E-state index in [1.807, 2.05) is 17.9 Å². The van der Waals surface area contributed by atoms with Crippen LogP contribution in [0.25, 0.3) is 0 Å². The van der Waals surface area contributed by atoms with Gasteiger partial charge in [-0.3, -0.25) is 4.68 Å². The molecule has 3 heteroatoms. The van der Waals surface area contributed by atoms with Gasteiger partial charge >= 0.3 is 0 Å². The van der Waals surface area contributed by atoms with Gasteiger partial charge in [-0.1, -0.05) is 6.42 Å². The molecule has 2 atom stereocenters. The number of hydrogen-bond donors (Lipinski definition) is 1. The fourth-order valence-corrected chi connectivity index (χ4v) is 2.10. The standard InChI is InChI=1S/C9H15N3/c1-12-9(5-6-11-12)7-3-2-4-8(7)10/h5-8H,2-4,10H2,1H3. The first-order valence-corrected chi connectivity index (χ1v) is 4.52. The van der Waals surface area contributed by atoms with Gasteiger partial charge in [-0.2, -0.15) is 5.10 Å². The van der Waals surface area contributed by atoms with E-state index in [0.717, 1.165) is 6.42 Å². The Balaban J connectivity index is 2.24. The molecule has 66 valence electrons. The second kappa shape index (κ2) is 2.90. The first-order chi connectivity index (χ1) is 5.79. The number of rotatable bonds is 1. The van der Waals surface area contributed by atoms with Gasteiger partial charge in [-0.25, -0.2) is 0 Å². The summed E-state index contributed by atoms with van der Waals surface area (Å²) in [5.41, 5.74) is 7.29. The van der Waals surface area contributed by atoms with Crippen molar-refractivity contribution in [1.29, 1.82) is 0 Å². The predicted molar refractivity (Wildman–Crippen MR) is 47.8 cm³/mol. The Morgan fingerprint density at radius 3 is 2.92 bits per heavy atom. The first-order valence-electron chi connectivity index (χ1n) is 4.52. The van der Waals surface area contributed by atoms with E-state index in [1.165, 1.54) is 18.5 Å². The molecule has 1 fully saturated rings. The van der Waals surface area contributed by atoms with Crippen LogP contribution in [0.5, 0.6) is 0 Å². The smallest absolute Gasteiger partial charge is 0.0492 e. The van der Waals surface area contributed by atoms with Crippen LogP contribution in [-0.4, -0.2) is 15.8 Å². The molecule has 12 heavy (non-hydrogen) atoms. The Labute approximate surface area is 72.6 Å². The van der Waals surface area contributed by atoms with Crippen LogP contribution in [-0.2, 0) is 7.05 Å². The molecule has 0 saturated heterocycles. The van der Waals surface area contributed by atoms with Crippen LogP contribution in [0.15, 0.2) is 12.3 Å². The Bertz CT molecular complexity index is 266. The fraction of sp³-hybridized carbons (Fsp3) is 0.667. The summed E-state index contributed by atoms with van der Waals surface area (Å²) in [5.74, 6) is 0.539. The maximum absolute atomic E-state index is 6.00. The SMILES string of the molecule is Cn1nccc1C1CCCC1N. The normalized spacial score (nSPS) is 29.5. The number of aromatic nitrogens is 2.